The fourth-order valence-electron chi connectivity index (χ4n) is 1.82. The van der Waals surface area contributed by atoms with Crippen LogP contribution in [0.4, 0.5) is 5.69 Å². The standard InChI is InChI=1S/C17H17BrClNO3/c1-2-8-22-14-5-3-4-13(10-14)20-17(21)11-23-16-7-6-12(18)9-15(16)19/h3-7,9-10H,2,8,11H2,1H3,(H,20,21). The van der Waals surface area contributed by atoms with Crippen molar-refractivity contribution in [2.75, 3.05) is 18.5 Å². The van der Waals surface area contributed by atoms with Crippen LogP contribution >= 0.6 is 27.5 Å². The van der Waals surface area contributed by atoms with Gasteiger partial charge >= 0.3 is 0 Å². The molecule has 6 heteroatoms. The lowest BCUT2D eigenvalue weighted by molar-refractivity contribution is -0.118. The zero-order valence-corrected chi connectivity index (χ0v) is 15.0. The molecule has 2 aromatic carbocycles. The maximum absolute atomic E-state index is 12.0. The van der Waals surface area contributed by atoms with Crippen LogP contribution in [0.25, 0.3) is 0 Å². The van der Waals surface area contributed by atoms with E-state index in [1.165, 1.54) is 0 Å². The van der Waals surface area contributed by atoms with Crippen LogP contribution < -0.4 is 14.8 Å². The summed E-state index contributed by atoms with van der Waals surface area (Å²) < 4.78 is 11.8. The zero-order valence-electron chi connectivity index (χ0n) is 12.6. The van der Waals surface area contributed by atoms with E-state index in [4.69, 9.17) is 21.1 Å². The highest BCUT2D eigenvalue weighted by molar-refractivity contribution is 9.10. The van der Waals surface area contributed by atoms with Gasteiger partial charge in [-0.3, -0.25) is 4.79 Å². The predicted octanol–water partition coefficient (Wildman–Crippen LogP) is 4.91. The average molecular weight is 399 g/mol. The van der Waals surface area contributed by atoms with Gasteiger partial charge in [0.1, 0.15) is 11.5 Å². The average Bonchev–Trinajstić information content (AvgIpc) is 2.52. The van der Waals surface area contributed by atoms with E-state index in [9.17, 15) is 4.79 Å². The number of carbonyl (C=O) groups excluding carboxylic acids is 1. The second kappa shape index (κ2) is 8.79. The zero-order chi connectivity index (χ0) is 16.7. The minimum absolute atomic E-state index is 0.124. The maximum Gasteiger partial charge on any atom is 0.262 e. The molecule has 0 spiro atoms. The monoisotopic (exact) mass is 397 g/mol. The Balaban J connectivity index is 1.89. The number of ether oxygens (including phenoxy) is 2. The van der Waals surface area contributed by atoms with Gasteiger partial charge in [0.15, 0.2) is 6.61 Å². The Hall–Kier alpha value is -1.72. The molecule has 0 saturated carbocycles. The number of amides is 1. The molecular weight excluding hydrogens is 382 g/mol. The highest BCUT2D eigenvalue weighted by atomic mass is 79.9. The first-order valence-electron chi connectivity index (χ1n) is 7.19. The molecule has 0 bridgehead atoms. The van der Waals surface area contributed by atoms with Gasteiger partial charge in [0.05, 0.1) is 11.6 Å². The number of benzene rings is 2. The molecule has 0 aliphatic carbocycles. The van der Waals surface area contributed by atoms with Gasteiger partial charge in [-0.15, -0.1) is 0 Å². The molecule has 1 amide bonds. The van der Waals surface area contributed by atoms with Crippen LogP contribution in [0, 0.1) is 0 Å². The third-order valence-corrected chi connectivity index (χ3v) is 3.63. The summed E-state index contributed by atoms with van der Waals surface area (Å²) in [5.41, 5.74) is 0.661. The number of hydrogen-bond acceptors (Lipinski definition) is 3. The van der Waals surface area contributed by atoms with Gasteiger partial charge in [-0.05, 0) is 36.8 Å². The van der Waals surface area contributed by atoms with E-state index in [-0.39, 0.29) is 12.5 Å². The summed E-state index contributed by atoms with van der Waals surface area (Å²) in [6.07, 6.45) is 0.929. The molecule has 23 heavy (non-hydrogen) atoms. The van der Waals surface area contributed by atoms with Crippen molar-refractivity contribution in [1.29, 1.82) is 0 Å². The summed E-state index contributed by atoms with van der Waals surface area (Å²) in [5.74, 6) is 0.920. The summed E-state index contributed by atoms with van der Waals surface area (Å²) in [4.78, 5) is 12.0. The molecule has 0 atom stereocenters. The normalized spacial score (nSPS) is 10.2. The van der Waals surface area contributed by atoms with E-state index >= 15 is 0 Å². The van der Waals surface area contributed by atoms with E-state index in [0.29, 0.717) is 23.1 Å². The van der Waals surface area contributed by atoms with Gasteiger partial charge < -0.3 is 14.8 Å². The number of nitrogens with one attached hydrogen (secondary N) is 1. The largest absolute Gasteiger partial charge is 0.494 e. The van der Waals surface area contributed by atoms with Crippen molar-refractivity contribution in [2.45, 2.75) is 13.3 Å². The Morgan fingerprint density at radius 2 is 2.04 bits per heavy atom. The second-order valence-electron chi connectivity index (χ2n) is 4.79. The smallest absolute Gasteiger partial charge is 0.262 e. The van der Waals surface area contributed by atoms with Gasteiger partial charge in [-0.2, -0.15) is 0 Å². The molecule has 0 heterocycles. The summed E-state index contributed by atoms with van der Waals surface area (Å²) in [6, 6.07) is 12.5. The highest BCUT2D eigenvalue weighted by Gasteiger charge is 2.07. The minimum Gasteiger partial charge on any atom is -0.494 e. The Kier molecular flexibility index (Phi) is 6.74. The number of hydrogen-bond donors (Lipinski definition) is 1. The molecule has 4 nitrogen and oxygen atoms in total. The van der Waals surface area contributed by atoms with Crippen molar-refractivity contribution in [3.8, 4) is 11.5 Å². The number of anilines is 1. The van der Waals surface area contributed by atoms with Gasteiger partial charge in [0.25, 0.3) is 5.91 Å². The third-order valence-electron chi connectivity index (χ3n) is 2.84. The Labute approximate surface area is 148 Å². The molecule has 122 valence electrons. The predicted molar refractivity (Wildman–Crippen MR) is 95.5 cm³/mol. The van der Waals surface area contributed by atoms with Crippen LogP contribution in [0.15, 0.2) is 46.9 Å². The number of rotatable bonds is 7. The van der Waals surface area contributed by atoms with Crippen molar-refractivity contribution in [2.24, 2.45) is 0 Å². The summed E-state index contributed by atoms with van der Waals surface area (Å²) >= 11 is 9.35. The summed E-state index contributed by atoms with van der Waals surface area (Å²) in [7, 11) is 0. The van der Waals surface area contributed by atoms with E-state index < -0.39 is 0 Å². The fraction of sp³-hybridized carbons (Fsp3) is 0.235. The fourth-order valence-corrected chi connectivity index (χ4v) is 2.54. The molecule has 0 fully saturated rings. The molecule has 0 aromatic heterocycles. The van der Waals surface area contributed by atoms with Crippen LogP contribution in [0.5, 0.6) is 11.5 Å². The summed E-state index contributed by atoms with van der Waals surface area (Å²) in [6.45, 7) is 2.56. The Morgan fingerprint density at radius 3 is 2.78 bits per heavy atom. The third kappa shape index (κ3) is 5.77. The molecule has 2 rings (SSSR count). The molecular formula is C17H17BrClNO3. The van der Waals surface area contributed by atoms with Crippen molar-refractivity contribution in [3.05, 3.63) is 52.0 Å². The Morgan fingerprint density at radius 1 is 1.22 bits per heavy atom. The molecule has 2 aromatic rings. The summed E-state index contributed by atoms with van der Waals surface area (Å²) in [5, 5.41) is 3.21. The topological polar surface area (TPSA) is 47.6 Å². The van der Waals surface area contributed by atoms with Gasteiger partial charge in [-0.25, -0.2) is 0 Å². The van der Waals surface area contributed by atoms with Crippen molar-refractivity contribution >= 4 is 39.1 Å². The van der Waals surface area contributed by atoms with Gasteiger partial charge in [-0.1, -0.05) is 40.5 Å². The van der Waals surface area contributed by atoms with E-state index in [1.807, 2.05) is 19.1 Å². The minimum atomic E-state index is -0.267. The SMILES string of the molecule is CCCOc1cccc(NC(=O)COc2ccc(Br)cc2Cl)c1. The van der Waals surface area contributed by atoms with Crippen molar-refractivity contribution < 1.29 is 14.3 Å². The first-order chi connectivity index (χ1) is 11.1. The van der Waals surface area contributed by atoms with Crippen molar-refractivity contribution in [3.63, 3.8) is 0 Å². The van der Waals surface area contributed by atoms with Gasteiger partial charge in [0, 0.05) is 16.2 Å². The first kappa shape index (κ1) is 17.6. The quantitative estimate of drug-likeness (QED) is 0.721. The molecule has 0 saturated heterocycles. The molecule has 1 N–H and O–H groups in total. The lowest BCUT2D eigenvalue weighted by atomic mass is 10.3. The van der Waals surface area contributed by atoms with Gasteiger partial charge in [0.2, 0.25) is 0 Å². The molecule has 0 radical (unpaired) electrons. The van der Waals surface area contributed by atoms with E-state index in [0.717, 1.165) is 16.6 Å². The van der Waals surface area contributed by atoms with Crippen LogP contribution in [0.2, 0.25) is 5.02 Å². The van der Waals surface area contributed by atoms with Crippen LogP contribution in [0.3, 0.4) is 0 Å². The molecule has 0 aliphatic rings. The number of halogens is 2. The van der Waals surface area contributed by atoms with Crippen molar-refractivity contribution in [1.82, 2.24) is 0 Å². The van der Waals surface area contributed by atoms with Crippen LogP contribution in [-0.2, 0) is 4.79 Å². The lowest BCUT2D eigenvalue weighted by Gasteiger charge is -2.10. The van der Waals surface area contributed by atoms with Crippen LogP contribution in [-0.4, -0.2) is 19.1 Å². The first-order valence-corrected chi connectivity index (χ1v) is 8.36. The Bertz CT molecular complexity index is 679. The molecule has 0 unspecified atom stereocenters. The maximum atomic E-state index is 12.0. The van der Waals surface area contributed by atoms with E-state index in [2.05, 4.69) is 21.2 Å². The molecule has 0 aliphatic heterocycles. The van der Waals surface area contributed by atoms with E-state index in [1.54, 1.807) is 30.3 Å². The highest BCUT2D eigenvalue weighted by Crippen LogP contribution is 2.27. The lowest BCUT2D eigenvalue weighted by Crippen LogP contribution is -2.20. The van der Waals surface area contributed by atoms with Crippen LogP contribution in [0.1, 0.15) is 13.3 Å². The second-order valence-corrected chi connectivity index (χ2v) is 6.11. The number of carbonyl (C=O) groups is 1.